The van der Waals surface area contributed by atoms with E-state index >= 15 is 0 Å². The Morgan fingerprint density at radius 3 is 2.42 bits per heavy atom. The third-order valence-corrected chi connectivity index (χ3v) is 6.43. The van der Waals surface area contributed by atoms with Crippen LogP contribution in [0.4, 0.5) is 13.2 Å². The van der Waals surface area contributed by atoms with Crippen molar-refractivity contribution < 1.29 is 26.3 Å². The molecule has 0 aromatic heterocycles. The smallest absolute Gasteiger partial charge is 0.404 e. The minimum Gasteiger partial charge on any atom is -0.404 e. The van der Waals surface area contributed by atoms with Crippen molar-refractivity contribution >= 4 is 26.0 Å². The van der Waals surface area contributed by atoms with E-state index in [1.54, 1.807) is 0 Å². The molecule has 1 aliphatic heterocycles. The van der Waals surface area contributed by atoms with Gasteiger partial charge in [-0.15, -0.1) is 13.2 Å². The van der Waals surface area contributed by atoms with E-state index in [0.717, 1.165) is 29.5 Å². The van der Waals surface area contributed by atoms with Gasteiger partial charge in [0.2, 0.25) is 10.0 Å². The lowest BCUT2D eigenvalue weighted by molar-refractivity contribution is -0.275. The second-order valence-electron chi connectivity index (χ2n) is 5.69. The maximum absolute atomic E-state index is 12.8. The van der Waals surface area contributed by atoms with Gasteiger partial charge in [0.05, 0.1) is 0 Å². The van der Waals surface area contributed by atoms with Crippen LogP contribution in [0.3, 0.4) is 0 Å². The van der Waals surface area contributed by atoms with E-state index in [9.17, 15) is 21.6 Å². The molecule has 1 saturated heterocycles. The molecule has 1 heterocycles. The van der Waals surface area contributed by atoms with E-state index in [1.165, 1.54) is 13.1 Å². The number of benzene rings is 1. The summed E-state index contributed by atoms with van der Waals surface area (Å²) in [5.74, 6) is -0.739. The average molecular weight is 431 g/mol. The number of ether oxygens (including phenoxy) is 1. The van der Waals surface area contributed by atoms with E-state index in [2.05, 4.69) is 25.6 Å². The molecule has 0 unspecified atom stereocenters. The number of alkyl halides is 3. The third kappa shape index (κ3) is 4.62. The van der Waals surface area contributed by atoms with Crippen molar-refractivity contribution in [2.45, 2.75) is 30.1 Å². The summed E-state index contributed by atoms with van der Waals surface area (Å²) in [6.45, 7) is 1.47. The van der Waals surface area contributed by atoms with Crippen molar-refractivity contribution in [2.24, 2.45) is 0 Å². The highest BCUT2D eigenvalue weighted by Crippen LogP contribution is 2.34. The predicted octanol–water partition coefficient (Wildman–Crippen LogP) is 3.06. The van der Waals surface area contributed by atoms with Gasteiger partial charge in [-0.05, 0) is 51.2 Å². The Bertz CT molecular complexity index is 689. The van der Waals surface area contributed by atoms with E-state index in [-0.39, 0.29) is 6.04 Å². The number of hydrogen-bond donors (Lipinski definition) is 0. The third-order valence-electron chi connectivity index (χ3n) is 3.99. The van der Waals surface area contributed by atoms with Crippen LogP contribution in [0, 0.1) is 0 Å². The highest BCUT2D eigenvalue weighted by Gasteiger charge is 2.37. The van der Waals surface area contributed by atoms with Crippen molar-refractivity contribution in [3.63, 3.8) is 0 Å². The molecule has 0 atom stereocenters. The monoisotopic (exact) mass is 430 g/mol. The molecule has 0 spiro atoms. The predicted molar refractivity (Wildman–Crippen MR) is 86.3 cm³/mol. The average Bonchev–Trinajstić information content (AvgIpc) is 2.45. The van der Waals surface area contributed by atoms with Crippen LogP contribution >= 0.6 is 15.9 Å². The molecule has 0 amide bonds. The highest BCUT2D eigenvalue weighted by molar-refractivity contribution is 9.10. The summed E-state index contributed by atoms with van der Waals surface area (Å²) in [6, 6.07) is 3.24. The number of hydrogen-bond acceptors (Lipinski definition) is 4. The number of sulfonamides is 1. The summed E-state index contributed by atoms with van der Waals surface area (Å²) in [5, 5.41) is 0. The molecule has 24 heavy (non-hydrogen) atoms. The molecule has 10 heteroatoms. The molecule has 1 aromatic rings. The summed E-state index contributed by atoms with van der Waals surface area (Å²) in [5.41, 5.74) is 0. The first-order valence-corrected chi connectivity index (χ1v) is 9.46. The molecular weight excluding hydrogens is 413 g/mol. The van der Waals surface area contributed by atoms with Crippen LogP contribution in [-0.2, 0) is 10.0 Å². The van der Waals surface area contributed by atoms with Gasteiger partial charge in [-0.3, -0.25) is 0 Å². The fourth-order valence-corrected chi connectivity index (χ4v) is 4.46. The summed E-state index contributed by atoms with van der Waals surface area (Å²) in [7, 11) is -0.774. The largest absolute Gasteiger partial charge is 0.573 e. The standard InChI is InChI=1S/C14H18BrF3N2O3S/c1-19-7-5-11(6-8-19)20(2)24(21,22)13-4-3-10(15)9-12(13)23-14(16,17)18/h3-4,9,11H,5-8H2,1-2H3. The first-order chi connectivity index (χ1) is 11.0. The lowest BCUT2D eigenvalue weighted by Crippen LogP contribution is -2.44. The lowest BCUT2D eigenvalue weighted by Gasteiger charge is -2.34. The van der Waals surface area contributed by atoms with Gasteiger partial charge < -0.3 is 9.64 Å². The lowest BCUT2D eigenvalue weighted by atomic mass is 10.1. The fraction of sp³-hybridized carbons (Fsp3) is 0.571. The molecule has 0 aliphatic carbocycles. The van der Waals surface area contributed by atoms with Gasteiger partial charge in [0.1, 0.15) is 4.90 Å². The number of piperidine rings is 1. The molecule has 0 radical (unpaired) electrons. The van der Waals surface area contributed by atoms with Crippen molar-refractivity contribution in [1.29, 1.82) is 0 Å². The first kappa shape index (κ1) is 19.5. The van der Waals surface area contributed by atoms with Crippen molar-refractivity contribution in [3.05, 3.63) is 22.7 Å². The van der Waals surface area contributed by atoms with Crippen molar-refractivity contribution in [3.8, 4) is 5.75 Å². The number of likely N-dealkylation sites (tertiary alicyclic amines) is 1. The quantitative estimate of drug-likeness (QED) is 0.736. The Balaban J connectivity index is 2.34. The van der Waals surface area contributed by atoms with Gasteiger partial charge in [-0.25, -0.2) is 8.42 Å². The topological polar surface area (TPSA) is 49.9 Å². The van der Waals surface area contributed by atoms with E-state index in [0.29, 0.717) is 17.3 Å². The number of halogens is 4. The molecule has 2 rings (SSSR count). The summed E-state index contributed by atoms with van der Waals surface area (Å²) < 4.78 is 68.7. The molecular formula is C14H18BrF3N2O3S. The zero-order valence-corrected chi connectivity index (χ0v) is 15.6. The molecule has 136 valence electrons. The minimum absolute atomic E-state index is 0.256. The van der Waals surface area contributed by atoms with Crippen LogP contribution in [0.15, 0.2) is 27.6 Å². The van der Waals surface area contributed by atoms with Gasteiger partial charge >= 0.3 is 6.36 Å². The molecule has 0 N–H and O–H groups in total. The van der Waals surface area contributed by atoms with Crippen LogP contribution < -0.4 is 4.74 Å². The normalized spacial score (nSPS) is 18.1. The highest BCUT2D eigenvalue weighted by atomic mass is 79.9. The Labute approximate surface area is 147 Å². The van der Waals surface area contributed by atoms with Gasteiger partial charge in [0.15, 0.2) is 5.75 Å². The van der Waals surface area contributed by atoms with Gasteiger partial charge in [0.25, 0.3) is 0 Å². The Morgan fingerprint density at radius 2 is 1.88 bits per heavy atom. The SMILES string of the molecule is CN1CCC(N(C)S(=O)(=O)c2ccc(Br)cc2OC(F)(F)F)CC1. The Hall–Kier alpha value is -0.840. The van der Waals surface area contributed by atoms with E-state index < -0.39 is 27.0 Å². The number of nitrogens with zero attached hydrogens (tertiary/aromatic N) is 2. The van der Waals surface area contributed by atoms with E-state index in [4.69, 9.17) is 0 Å². The molecule has 1 aliphatic rings. The maximum atomic E-state index is 12.8. The minimum atomic E-state index is -4.98. The summed E-state index contributed by atoms with van der Waals surface area (Å²) >= 11 is 3.03. The Kier molecular flexibility index (Phi) is 5.83. The van der Waals surface area contributed by atoms with Gasteiger partial charge in [-0.1, -0.05) is 15.9 Å². The summed E-state index contributed by atoms with van der Waals surface area (Å²) in [4.78, 5) is 1.58. The molecule has 1 fully saturated rings. The van der Waals surface area contributed by atoms with Crippen LogP contribution in [0.5, 0.6) is 5.75 Å². The van der Waals surface area contributed by atoms with E-state index in [1.807, 2.05) is 7.05 Å². The summed E-state index contributed by atoms with van der Waals surface area (Å²) in [6.07, 6.45) is -3.73. The molecule has 5 nitrogen and oxygen atoms in total. The first-order valence-electron chi connectivity index (χ1n) is 7.22. The zero-order chi connectivity index (χ0) is 18.1. The zero-order valence-electron chi connectivity index (χ0n) is 13.2. The van der Waals surface area contributed by atoms with Gasteiger partial charge in [0, 0.05) is 17.6 Å². The van der Waals surface area contributed by atoms with Gasteiger partial charge in [-0.2, -0.15) is 4.31 Å². The van der Waals surface area contributed by atoms with Crippen LogP contribution in [0.25, 0.3) is 0 Å². The fourth-order valence-electron chi connectivity index (χ4n) is 2.61. The molecule has 0 bridgehead atoms. The van der Waals surface area contributed by atoms with Crippen molar-refractivity contribution in [1.82, 2.24) is 9.21 Å². The van der Waals surface area contributed by atoms with Crippen LogP contribution in [-0.4, -0.2) is 57.2 Å². The van der Waals surface area contributed by atoms with Crippen molar-refractivity contribution in [2.75, 3.05) is 27.2 Å². The number of rotatable bonds is 4. The second kappa shape index (κ2) is 7.19. The van der Waals surface area contributed by atoms with Crippen LogP contribution in [0.2, 0.25) is 0 Å². The molecule has 0 saturated carbocycles. The second-order valence-corrected chi connectivity index (χ2v) is 8.58. The molecule has 1 aromatic carbocycles. The van der Waals surface area contributed by atoms with Crippen LogP contribution in [0.1, 0.15) is 12.8 Å². The maximum Gasteiger partial charge on any atom is 0.573 e. The Morgan fingerprint density at radius 1 is 1.29 bits per heavy atom.